The molecule has 2 heterocycles. The van der Waals surface area contributed by atoms with Crippen LogP contribution in [0.1, 0.15) is 31.2 Å². The lowest BCUT2D eigenvalue weighted by molar-refractivity contribution is -0.121. The molecule has 1 aliphatic rings. The number of anilines is 1. The molecule has 156 valence electrons. The highest BCUT2D eigenvalue weighted by Gasteiger charge is 2.26. The van der Waals surface area contributed by atoms with E-state index in [1.165, 1.54) is 5.56 Å². The van der Waals surface area contributed by atoms with E-state index >= 15 is 0 Å². The summed E-state index contributed by atoms with van der Waals surface area (Å²) in [6.45, 7) is 1.39. The predicted molar refractivity (Wildman–Crippen MR) is 120 cm³/mol. The molecule has 0 spiro atoms. The van der Waals surface area contributed by atoms with Crippen molar-refractivity contribution < 1.29 is 4.79 Å². The maximum atomic E-state index is 12.9. The van der Waals surface area contributed by atoms with Gasteiger partial charge in [0, 0.05) is 36.8 Å². The largest absolute Gasteiger partial charge is 0.370 e. The molecule has 0 bridgehead atoms. The number of nitrogens with two attached hydrogens (primary N) is 2. The number of carbonyl (C=O) groups is 1. The van der Waals surface area contributed by atoms with E-state index in [1.54, 1.807) is 6.20 Å². The van der Waals surface area contributed by atoms with Crippen LogP contribution >= 0.6 is 0 Å². The summed E-state index contributed by atoms with van der Waals surface area (Å²) in [6, 6.07) is 14.2. The number of benzene rings is 1. The number of nitrogens with zero attached hydrogens (tertiary/aromatic N) is 3. The number of hydrogen-bond donors (Lipinski definition) is 3. The Labute approximate surface area is 176 Å². The van der Waals surface area contributed by atoms with E-state index in [0.29, 0.717) is 12.5 Å². The van der Waals surface area contributed by atoms with Crippen molar-refractivity contribution in [1.29, 1.82) is 0 Å². The third kappa shape index (κ3) is 4.62. The smallest absolute Gasteiger partial charge is 0.227 e. The molecule has 0 radical (unpaired) electrons. The minimum atomic E-state index is 0.0232. The molecule has 3 aromatic rings. The van der Waals surface area contributed by atoms with Gasteiger partial charge in [-0.15, -0.1) is 0 Å². The maximum Gasteiger partial charge on any atom is 0.227 e. The highest BCUT2D eigenvalue weighted by molar-refractivity contribution is 6.01. The summed E-state index contributed by atoms with van der Waals surface area (Å²) in [5.41, 5.74) is 13.7. The molecule has 0 saturated heterocycles. The molecule has 1 amide bonds. The summed E-state index contributed by atoms with van der Waals surface area (Å²) in [6.07, 6.45) is 7.43. The van der Waals surface area contributed by atoms with Gasteiger partial charge in [0.2, 0.25) is 5.91 Å². The van der Waals surface area contributed by atoms with Gasteiger partial charge in [-0.05, 0) is 49.3 Å². The van der Waals surface area contributed by atoms with Gasteiger partial charge >= 0.3 is 0 Å². The normalized spacial score (nSPS) is 18.8. The lowest BCUT2D eigenvalue weighted by atomic mass is 9.81. The summed E-state index contributed by atoms with van der Waals surface area (Å²) >= 11 is 0. The summed E-state index contributed by atoms with van der Waals surface area (Å²) in [7, 11) is 0. The summed E-state index contributed by atoms with van der Waals surface area (Å²) < 4.78 is 2.11. The van der Waals surface area contributed by atoms with Crippen LogP contribution in [0.25, 0.3) is 11.0 Å². The second-order valence-corrected chi connectivity index (χ2v) is 8.00. The van der Waals surface area contributed by atoms with Crippen LogP contribution < -0.4 is 16.8 Å². The van der Waals surface area contributed by atoms with Crippen LogP contribution in [0.4, 0.5) is 5.69 Å². The van der Waals surface area contributed by atoms with Crippen molar-refractivity contribution in [1.82, 2.24) is 9.55 Å². The fourth-order valence-electron chi connectivity index (χ4n) is 4.18. The lowest BCUT2D eigenvalue weighted by Gasteiger charge is -2.26. The standard InChI is InChI=1S/C23H28N6O/c24-23(25)27-14-16-6-8-18(9-7-16)22(30)28-20-10-12-26-21-19(20)11-13-29(21)15-17-4-2-1-3-5-17/h1-5,10-13,16,18H,6-9,14-15H2,(H4,24,25,27)(H,26,28,30). The van der Waals surface area contributed by atoms with Crippen molar-refractivity contribution in [3.05, 3.63) is 60.4 Å². The van der Waals surface area contributed by atoms with Crippen molar-refractivity contribution in [2.45, 2.75) is 32.2 Å². The monoisotopic (exact) mass is 404 g/mol. The SMILES string of the molecule is NC(N)=NCC1CCC(C(=O)Nc2ccnc3c2ccn3Cc2ccccc2)CC1. The third-order valence-electron chi connectivity index (χ3n) is 5.87. The first-order chi connectivity index (χ1) is 14.6. The Morgan fingerprint density at radius 1 is 1.10 bits per heavy atom. The number of amides is 1. The maximum absolute atomic E-state index is 12.9. The first-order valence-electron chi connectivity index (χ1n) is 10.4. The van der Waals surface area contributed by atoms with E-state index in [4.69, 9.17) is 11.5 Å². The van der Waals surface area contributed by atoms with Gasteiger partial charge in [0.05, 0.1) is 5.69 Å². The number of aromatic nitrogens is 2. The summed E-state index contributed by atoms with van der Waals surface area (Å²) in [5.74, 6) is 0.695. The number of rotatable bonds is 6. The van der Waals surface area contributed by atoms with Crippen molar-refractivity contribution in [3.63, 3.8) is 0 Å². The van der Waals surface area contributed by atoms with E-state index in [1.807, 2.05) is 36.5 Å². The Morgan fingerprint density at radius 2 is 1.87 bits per heavy atom. The number of pyridine rings is 1. The zero-order valence-corrected chi connectivity index (χ0v) is 17.0. The molecule has 5 N–H and O–H groups in total. The van der Waals surface area contributed by atoms with E-state index in [-0.39, 0.29) is 17.8 Å². The Balaban J connectivity index is 1.42. The van der Waals surface area contributed by atoms with Crippen LogP contribution in [0.15, 0.2) is 59.9 Å². The molecule has 0 atom stereocenters. The fraction of sp³-hybridized carbons (Fsp3) is 0.348. The van der Waals surface area contributed by atoms with Crippen molar-refractivity contribution in [3.8, 4) is 0 Å². The van der Waals surface area contributed by atoms with Gasteiger partial charge in [-0.1, -0.05) is 30.3 Å². The molecule has 30 heavy (non-hydrogen) atoms. The average Bonchev–Trinajstić information content (AvgIpc) is 3.17. The molecule has 1 aliphatic carbocycles. The number of nitrogens with one attached hydrogen (secondary N) is 1. The van der Waals surface area contributed by atoms with Gasteiger partial charge in [0.25, 0.3) is 0 Å². The number of carbonyl (C=O) groups excluding carboxylic acids is 1. The Morgan fingerprint density at radius 3 is 2.60 bits per heavy atom. The molecule has 7 heteroatoms. The van der Waals surface area contributed by atoms with E-state index in [0.717, 1.165) is 48.9 Å². The first kappa shape index (κ1) is 19.9. The molecule has 4 rings (SSSR count). The van der Waals surface area contributed by atoms with E-state index < -0.39 is 0 Å². The molecule has 0 unspecified atom stereocenters. The molecule has 1 aromatic carbocycles. The van der Waals surface area contributed by atoms with Gasteiger partial charge in [-0.3, -0.25) is 9.79 Å². The second-order valence-electron chi connectivity index (χ2n) is 8.00. The molecular weight excluding hydrogens is 376 g/mol. The Hall–Kier alpha value is -3.35. The van der Waals surface area contributed by atoms with Gasteiger partial charge < -0.3 is 21.4 Å². The van der Waals surface area contributed by atoms with Crippen LogP contribution in [0.2, 0.25) is 0 Å². The zero-order chi connectivity index (χ0) is 20.9. The third-order valence-corrected chi connectivity index (χ3v) is 5.87. The van der Waals surface area contributed by atoms with Crippen LogP contribution in [-0.2, 0) is 11.3 Å². The fourth-order valence-corrected chi connectivity index (χ4v) is 4.18. The summed E-state index contributed by atoms with van der Waals surface area (Å²) in [4.78, 5) is 21.5. The van der Waals surface area contributed by atoms with Crippen LogP contribution in [0.5, 0.6) is 0 Å². The van der Waals surface area contributed by atoms with Gasteiger partial charge in [0.15, 0.2) is 5.96 Å². The highest BCUT2D eigenvalue weighted by Crippen LogP contribution is 2.31. The first-order valence-corrected chi connectivity index (χ1v) is 10.4. The second kappa shape index (κ2) is 8.98. The molecule has 1 saturated carbocycles. The average molecular weight is 405 g/mol. The number of fused-ring (bicyclic) bond motifs is 1. The molecular formula is C23H28N6O. The van der Waals surface area contributed by atoms with Crippen LogP contribution in [0, 0.1) is 11.8 Å². The van der Waals surface area contributed by atoms with Gasteiger partial charge in [-0.2, -0.15) is 0 Å². The minimum Gasteiger partial charge on any atom is -0.370 e. The number of guanidine groups is 1. The van der Waals surface area contributed by atoms with Crippen LogP contribution in [0.3, 0.4) is 0 Å². The molecule has 7 nitrogen and oxygen atoms in total. The molecule has 2 aromatic heterocycles. The quantitative estimate of drug-likeness (QED) is 0.433. The van der Waals surface area contributed by atoms with Gasteiger partial charge in [-0.25, -0.2) is 4.98 Å². The zero-order valence-electron chi connectivity index (χ0n) is 17.0. The lowest BCUT2D eigenvalue weighted by Crippen LogP contribution is -2.29. The number of aliphatic imine (C=N–C) groups is 1. The molecule has 0 aliphatic heterocycles. The van der Waals surface area contributed by atoms with E-state index in [2.05, 4.69) is 32.0 Å². The summed E-state index contributed by atoms with van der Waals surface area (Å²) in [5, 5.41) is 4.10. The number of hydrogen-bond acceptors (Lipinski definition) is 3. The Bertz CT molecular complexity index is 1030. The molecule has 1 fully saturated rings. The topological polar surface area (TPSA) is 111 Å². The Kier molecular flexibility index (Phi) is 5.97. The predicted octanol–water partition coefficient (Wildman–Crippen LogP) is 3.10. The van der Waals surface area contributed by atoms with Crippen molar-refractivity contribution in [2.24, 2.45) is 28.3 Å². The minimum absolute atomic E-state index is 0.0232. The van der Waals surface area contributed by atoms with Crippen molar-refractivity contribution >= 4 is 28.6 Å². The highest BCUT2D eigenvalue weighted by atomic mass is 16.1. The van der Waals surface area contributed by atoms with Gasteiger partial charge in [0.1, 0.15) is 5.65 Å². The van der Waals surface area contributed by atoms with Crippen molar-refractivity contribution in [2.75, 3.05) is 11.9 Å². The van der Waals surface area contributed by atoms with Crippen LogP contribution in [-0.4, -0.2) is 28.0 Å². The van der Waals surface area contributed by atoms with E-state index in [9.17, 15) is 4.79 Å².